The van der Waals surface area contributed by atoms with Crippen molar-refractivity contribution in [3.8, 4) is 23.3 Å². The maximum absolute atomic E-state index is 12.0. The number of hydrogen-bond acceptors (Lipinski definition) is 5. The van der Waals surface area contributed by atoms with Crippen LogP contribution in [-0.4, -0.2) is 26.7 Å². The molecule has 1 N–H and O–H groups in total. The lowest BCUT2D eigenvalue weighted by Gasteiger charge is -2.08. The molecule has 0 atom stereocenters. The monoisotopic (exact) mass is 338 g/mol. The van der Waals surface area contributed by atoms with Gasteiger partial charge in [-0.15, -0.1) is 0 Å². The summed E-state index contributed by atoms with van der Waals surface area (Å²) in [6, 6.07) is 14.1. The van der Waals surface area contributed by atoms with Gasteiger partial charge in [-0.1, -0.05) is 6.07 Å². The molecule has 0 radical (unpaired) electrons. The number of ether oxygens (including phenoxy) is 3. The summed E-state index contributed by atoms with van der Waals surface area (Å²) < 4.78 is 15.6. The van der Waals surface area contributed by atoms with Gasteiger partial charge in [0.1, 0.15) is 11.8 Å². The van der Waals surface area contributed by atoms with E-state index in [1.54, 1.807) is 55.7 Å². The lowest BCUT2D eigenvalue weighted by atomic mass is 10.2. The molecule has 0 aliphatic heterocycles. The molecule has 0 heterocycles. The van der Waals surface area contributed by atoms with Gasteiger partial charge in [-0.3, -0.25) is 4.79 Å². The molecule has 0 saturated heterocycles. The number of carbonyl (C=O) groups is 1. The smallest absolute Gasteiger partial charge is 0.248 e. The number of rotatable bonds is 7. The van der Waals surface area contributed by atoms with E-state index in [0.717, 1.165) is 11.3 Å². The largest absolute Gasteiger partial charge is 0.497 e. The molecule has 2 aromatic carbocycles. The zero-order valence-corrected chi connectivity index (χ0v) is 14.0. The fraction of sp³-hybridized carbons (Fsp3) is 0.158. The molecule has 0 bridgehead atoms. The van der Waals surface area contributed by atoms with E-state index in [1.807, 2.05) is 6.07 Å². The highest BCUT2D eigenvalue weighted by Gasteiger charge is 2.05. The predicted molar refractivity (Wildman–Crippen MR) is 94.8 cm³/mol. The number of carbonyl (C=O) groups excluding carboxylic acids is 1. The minimum atomic E-state index is -0.256. The van der Waals surface area contributed by atoms with E-state index in [-0.39, 0.29) is 12.5 Å². The molecular formula is C19H18N2O4. The number of benzene rings is 2. The third-order valence-corrected chi connectivity index (χ3v) is 3.26. The van der Waals surface area contributed by atoms with E-state index in [1.165, 1.54) is 13.2 Å². The second kappa shape index (κ2) is 8.99. The highest BCUT2D eigenvalue weighted by molar-refractivity contribution is 6.01. The van der Waals surface area contributed by atoms with E-state index < -0.39 is 0 Å². The van der Waals surface area contributed by atoms with Crippen LogP contribution in [0.25, 0.3) is 6.08 Å². The van der Waals surface area contributed by atoms with Gasteiger partial charge in [0.05, 0.1) is 14.2 Å². The Bertz CT molecular complexity index is 792. The van der Waals surface area contributed by atoms with Gasteiger partial charge in [0, 0.05) is 11.8 Å². The zero-order chi connectivity index (χ0) is 18.1. The summed E-state index contributed by atoms with van der Waals surface area (Å²) >= 11 is 0. The van der Waals surface area contributed by atoms with Crippen molar-refractivity contribution >= 4 is 17.7 Å². The standard InChI is InChI=1S/C19H18N2O4/c1-23-16-7-5-15(6-8-16)21-19(22)10-4-14-3-9-17(25-12-11-20)18(13-14)24-2/h3-10,13H,12H2,1-2H3,(H,21,22)/b10-4+. The summed E-state index contributed by atoms with van der Waals surface area (Å²) in [5.41, 5.74) is 1.44. The second-order valence-electron chi connectivity index (χ2n) is 4.91. The molecule has 0 aliphatic rings. The van der Waals surface area contributed by atoms with Crippen LogP contribution in [0, 0.1) is 11.3 Å². The fourth-order valence-electron chi connectivity index (χ4n) is 2.05. The minimum Gasteiger partial charge on any atom is -0.497 e. The van der Waals surface area contributed by atoms with Crippen molar-refractivity contribution in [2.45, 2.75) is 0 Å². The lowest BCUT2D eigenvalue weighted by molar-refractivity contribution is -0.111. The van der Waals surface area contributed by atoms with Crippen molar-refractivity contribution in [3.63, 3.8) is 0 Å². The Labute approximate surface area is 146 Å². The number of nitrogens with one attached hydrogen (secondary N) is 1. The van der Waals surface area contributed by atoms with Crippen LogP contribution in [0.5, 0.6) is 17.2 Å². The van der Waals surface area contributed by atoms with E-state index >= 15 is 0 Å². The molecule has 2 aromatic rings. The van der Waals surface area contributed by atoms with Gasteiger partial charge >= 0.3 is 0 Å². The summed E-state index contributed by atoms with van der Waals surface area (Å²) in [6.45, 7) is -0.0597. The van der Waals surface area contributed by atoms with Crippen molar-refractivity contribution in [1.29, 1.82) is 5.26 Å². The van der Waals surface area contributed by atoms with Crippen molar-refractivity contribution in [2.75, 3.05) is 26.1 Å². The van der Waals surface area contributed by atoms with Crippen LogP contribution in [0.4, 0.5) is 5.69 Å². The minimum absolute atomic E-state index is 0.0597. The number of methoxy groups -OCH3 is 2. The molecule has 0 saturated carbocycles. The average Bonchev–Trinajstić information content (AvgIpc) is 2.65. The summed E-state index contributed by atoms with van der Waals surface area (Å²) in [7, 11) is 3.10. The number of nitriles is 1. The molecular weight excluding hydrogens is 320 g/mol. The summed E-state index contributed by atoms with van der Waals surface area (Å²) in [5.74, 6) is 1.44. The third-order valence-electron chi connectivity index (χ3n) is 3.26. The first-order chi connectivity index (χ1) is 12.2. The number of anilines is 1. The van der Waals surface area contributed by atoms with Gasteiger partial charge in [0.25, 0.3) is 0 Å². The van der Waals surface area contributed by atoms with Crippen molar-refractivity contribution in [1.82, 2.24) is 0 Å². The van der Waals surface area contributed by atoms with E-state index in [4.69, 9.17) is 19.5 Å². The highest BCUT2D eigenvalue weighted by Crippen LogP contribution is 2.28. The molecule has 6 nitrogen and oxygen atoms in total. The first kappa shape index (κ1) is 17.9. The maximum Gasteiger partial charge on any atom is 0.248 e. The summed E-state index contributed by atoms with van der Waals surface area (Å²) in [6.07, 6.45) is 3.09. The Balaban J connectivity index is 2.02. The van der Waals surface area contributed by atoms with Gasteiger partial charge in [0.15, 0.2) is 18.1 Å². The molecule has 0 aromatic heterocycles. The summed E-state index contributed by atoms with van der Waals surface area (Å²) in [5, 5.41) is 11.3. The third kappa shape index (κ3) is 5.29. The van der Waals surface area contributed by atoms with Crippen LogP contribution in [-0.2, 0) is 4.79 Å². The number of nitrogens with zero attached hydrogens (tertiary/aromatic N) is 1. The molecule has 6 heteroatoms. The Hall–Kier alpha value is -3.46. The Kier molecular flexibility index (Phi) is 6.43. The van der Waals surface area contributed by atoms with Crippen LogP contribution in [0.1, 0.15) is 5.56 Å². The normalized spacial score (nSPS) is 10.1. The number of amides is 1. The van der Waals surface area contributed by atoms with Crippen LogP contribution in [0.3, 0.4) is 0 Å². The van der Waals surface area contributed by atoms with Crippen molar-refractivity contribution in [3.05, 3.63) is 54.1 Å². The molecule has 0 aliphatic carbocycles. The van der Waals surface area contributed by atoms with Crippen LogP contribution >= 0.6 is 0 Å². The van der Waals surface area contributed by atoms with E-state index in [2.05, 4.69) is 5.32 Å². The zero-order valence-electron chi connectivity index (χ0n) is 14.0. The van der Waals surface area contributed by atoms with Gasteiger partial charge in [-0.25, -0.2) is 0 Å². The van der Waals surface area contributed by atoms with Gasteiger partial charge in [-0.2, -0.15) is 5.26 Å². The van der Waals surface area contributed by atoms with Crippen molar-refractivity contribution in [2.24, 2.45) is 0 Å². The first-order valence-electron chi connectivity index (χ1n) is 7.47. The lowest BCUT2D eigenvalue weighted by Crippen LogP contribution is -2.07. The SMILES string of the molecule is COc1ccc(NC(=O)/C=C/c2ccc(OCC#N)c(OC)c2)cc1. The molecule has 25 heavy (non-hydrogen) atoms. The molecule has 0 spiro atoms. The topological polar surface area (TPSA) is 80.6 Å². The van der Waals surface area contributed by atoms with Crippen LogP contribution in [0.2, 0.25) is 0 Å². The quantitative estimate of drug-likeness (QED) is 0.784. The molecule has 128 valence electrons. The van der Waals surface area contributed by atoms with Crippen LogP contribution in [0.15, 0.2) is 48.5 Å². The summed E-state index contributed by atoms with van der Waals surface area (Å²) in [4.78, 5) is 12.0. The molecule has 1 amide bonds. The molecule has 2 rings (SSSR count). The number of hydrogen-bond donors (Lipinski definition) is 1. The highest BCUT2D eigenvalue weighted by atomic mass is 16.5. The van der Waals surface area contributed by atoms with Crippen LogP contribution < -0.4 is 19.5 Å². The average molecular weight is 338 g/mol. The Morgan fingerprint density at radius 3 is 2.52 bits per heavy atom. The predicted octanol–water partition coefficient (Wildman–Crippen LogP) is 3.26. The first-order valence-corrected chi connectivity index (χ1v) is 7.47. The Morgan fingerprint density at radius 1 is 1.12 bits per heavy atom. The molecule has 0 fully saturated rings. The van der Waals surface area contributed by atoms with Crippen molar-refractivity contribution < 1.29 is 19.0 Å². The molecule has 0 unspecified atom stereocenters. The van der Waals surface area contributed by atoms with Gasteiger partial charge < -0.3 is 19.5 Å². The van der Waals surface area contributed by atoms with Gasteiger partial charge in [-0.05, 0) is 48.0 Å². The maximum atomic E-state index is 12.0. The Morgan fingerprint density at radius 2 is 1.88 bits per heavy atom. The van der Waals surface area contributed by atoms with E-state index in [9.17, 15) is 4.79 Å². The fourth-order valence-corrected chi connectivity index (χ4v) is 2.05. The van der Waals surface area contributed by atoms with Gasteiger partial charge in [0.2, 0.25) is 5.91 Å². The second-order valence-corrected chi connectivity index (χ2v) is 4.91. The van der Waals surface area contributed by atoms with E-state index in [0.29, 0.717) is 17.2 Å².